The number of hydrogen-bond acceptors (Lipinski definition) is 4. The summed E-state index contributed by atoms with van der Waals surface area (Å²) in [5, 5.41) is 15.5. The van der Waals surface area contributed by atoms with Crippen molar-refractivity contribution in [2.24, 2.45) is 0 Å². The summed E-state index contributed by atoms with van der Waals surface area (Å²) in [5.74, 6) is -1.56. The molecule has 2 aliphatic rings. The van der Waals surface area contributed by atoms with E-state index in [1.165, 1.54) is 6.07 Å². The van der Waals surface area contributed by atoms with E-state index in [-0.39, 0.29) is 35.5 Å². The fourth-order valence-electron chi connectivity index (χ4n) is 3.09. The second kappa shape index (κ2) is 6.81. The van der Waals surface area contributed by atoms with Gasteiger partial charge in [-0.15, -0.1) is 12.4 Å². The standard InChI is InChI=1S/C15H19FN2O3.ClH/c16-12-2-1-10(7-13(12)19)14(20)18-11-8-15(21-9-11)3-5-17-6-4-15;/h1-2,7,11,17,19H,3-6,8-9H2,(H,18,20);1H. The van der Waals surface area contributed by atoms with E-state index in [4.69, 9.17) is 4.74 Å². The molecule has 0 saturated carbocycles. The van der Waals surface area contributed by atoms with Gasteiger partial charge in [0.05, 0.1) is 18.2 Å². The highest BCUT2D eigenvalue weighted by Gasteiger charge is 2.41. The third kappa shape index (κ3) is 3.51. The first-order valence-electron chi connectivity index (χ1n) is 7.22. The van der Waals surface area contributed by atoms with Crippen LogP contribution in [0.1, 0.15) is 29.6 Å². The summed E-state index contributed by atoms with van der Waals surface area (Å²) < 4.78 is 18.9. The highest BCUT2D eigenvalue weighted by Crippen LogP contribution is 2.34. The molecule has 7 heteroatoms. The van der Waals surface area contributed by atoms with Crippen molar-refractivity contribution in [1.82, 2.24) is 10.6 Å². The molecule has 0 radical (unpaired) electrons. The van der Waals surface area contributed by atoms with Gasteiger partial charge in [-0.05, 0) is 50.6 Å². The number of halogens is 2. The zero-order valence-corrected chi connectivity index (χ0v) is 12.9. The third-order valence-corrected chi connectivity index (χ3v) is 4.27. The summed E-state index contributed by atoms with van der Waals surface area (Å²) in [5.41, 5.74) is 0.133. The molecular weight excluding hydrogens is 311 g/mol. The molecule has 0 aromatic heterocycles. The molecule has 2 aliphatic heterocycles. The van der Waals surface area contributed by atoms with Crippen molar-refractivity contribution in [2.45, 2.75) is 30.9 Å². The molecule has 1 unspecified atom stereocenters. The van der Waals surface area contributed by atoms with Crippen molar-refractivity contribution in [3.05, 3.63) is 29.6 Å². The van der Waals surface area contributed by atoms with Gasteiger partial charge in [0.2, 0.25) is 0 Å². The lowest BCUT2D eigenvalue weighted by molar-refractivity contribution is -0.0194. The summed E-state index contributed by atoms with van der Waals surface area (Å²) in [6, 6.07) is 3.55. The van der Waals surface area contributed by atoms with Crippen LogP contribution in [0.25, 0.3) is 0 Å². The summed E-state index contributed by atoms with van der Waals surface area (Å²) >= 11 is 0. The Morgan fingerprint density at radius 3 is 2.82 bits per heavy atom. The van der Waals surface area contributed by atoms with E-state index in [2.05, 4.69) is 10.6 Å². The molecule has 1 spiro atoms. The van der Waals surface area contributed by atoms with Crippen molar-refractivity contribution in [3.63, 3.8) is 0 Å². The molecule has 0 aliphatic carbocycles. The van der Waals surface area contributed by atoms with Gasteiger partial charge >= 0.3 is 0 Å². The number of nitrogens with one attached hydrogen (secondary N) is 2. The number of amides is 1. The number of piperidine rings is 1. The summed E-state index contributed by atoms with van der Waals surface area (Å²) in [6.45, 7) is 2.37. The zero-order chi connectivity index (χ0) is 14.9. The van der Waals surface area contributed by atoms with Crippen LogP contribution in [0.4, 0.5) is 4.39 Å². The van der Waals surface area contributed by atoms with Crippen molar-refractivity contribution in [2.75, 3.05) is 19.7 Å². The highest BCUT2D eigenvalue weighted by atomic mass is 35.5. The van der Waals surface area contributed by atoms with Crippen LogP contribution in [0.3, 0.4) is 0 Å². The van der Waals surface area contributed by atoms with Crippen molar-refractivity contribution >= 4 is 18.3 Å². The fraction of sp³-hybridized carbons (Fsp3) is 0.533. The smallest absolute Gasteiger partial charge is 0.251 e. The molecule has 1 atom stereocenters. The van der Waals surface area contributed by atoms with Crippen molar-refractivity contribution in [3.8, 4) is 5.75 Å². The molecule has 22 heavy (non-hydrogen) atoms. The van der Waals surface area contributed by atoms with Crippen molar-refractivity contribution in [1.29, 1.82) is 0 Å². The number of carbonyl (C=O) groups excluding carboxylic acids is 1. The van der Waals surface area contributed by atoms with Gasteiger partial charge in [0, 0.05) is 5.56 Å². The van der Waals surface area contributed by atoms with Crippen LogP contribution >= 0.6 is 12.4 Å². The lowest BCUT2D eigenvalue weighted by atomic mass is 9.88. The topological polar surface area (TPSA) is 70.6 Å². The Balaban J connectivity index is 0.00000176. The second-order valence-corrected chi connectivity index (χ2v) is 5.78. The van der Waals surface area contributed by atoms with Crippen LogP contribution in [-0.4, -0.2) is 42.4 Å². The lowest BCUT2D eigenvalue weighted by Crippen LogP contribution is -2.43. The molecule has 2 saturated heterocycles. The van der Waals surface area contributed by atoms with Gasteiger partial charge in [-0.1, -0.05) is 0 Å². The lowest BCUT2D eigenvalue weighted by Gasteiger charge is -2.32. The first kappa shape index (κ1) is 17.0. The predicted molar refractivity (Wildman–Crippen MR) is 82.0 cm³/mol. The molecule has 3 rings (SSSR count). The van der Waals surface area contributed by atoms with Gasteiger partial charge < -0.3 is 20.5 Å². The van der Waals surface area contributed by atoms with E-state index in [1.807, 2.05) is 0 Å². The molecular formula is C15H20ClFN2O3. The minimum atomic E-state index is -0.732. The number of benzene rings is 1. The van der Waals surface area contributed by atoms with Gasteiger partial charge in [0.25, 0.3) is 5.91 Å². The molecule has 5 nitrogen and oxygen atoms in total. The summed E-state index contributed by atoms with van der Waals surface area (Å²) in [4.78, 5) is 12.1. The van der Waals surface area contributed by atoms with Crippen LogP contribution in [0.2, 0.25) is 0 Å². The Kier molecular flexibility index (Phi) is 5.26. The maximum atomic E-state index is 13.0. The Labute approximate surface area is 134 Å². The van der Waals surface area contributed by atoms with Gasteiger partial charge in [-0.2, -0.15) is 0 Å². The first-order valence-corrected chi connectivity index (χ1v) is 7.22. The van der Waals surface area contributed by atoms with Crippen LogP contribution in [0, 0.1) is 5.82 Å². The average molecular weight is 331 g/mol. The van der Waals surface area contributed by atoms with Crippen LogP contribution in [0.5, 0.6) is 5.75 Å². The quantitative estimate of drug-likeness (QED) is 0.770. The fourth-order valence-corrected chi connectivity index (χ4v) is 3.09. The van der Waals surface area contributed by atoms with E-state index in [1.54, 1.807) is 0 Å². The van der Waals surface area contributed by atoms with Crippen molar-refractivity contribution < 1.29 is 19.0 Å². The SMILES string of the molecule is Cl.O=C(NC1COC2(CCNCC2)C1)c1ccc(F)c(O)c1. The largest absolute Gasteiger partial charge is 0.505 e. The minimum absolute atomic E-state index is 0. The Hall–Kier alpha value is -1.37. The molecule has 3 N–H and O–H groups in total. The molecule has 2 fully saturated rings. The first-order chi connectivity index (χ1) is 10.1. The maximum Gasteiger partial charge on any atom is 0.251 e. The van der Waals surface area contributed by atoms with Crippen LogP contribution in [-0.2, 0) is 4.74 Å². The van der Waals surface area contributed by atoms with Crippen LogP contribution < -0.4 is 10.6 Å². The minimum Gasteiger partial charge on any atom is -0.505 e. The number of hydrogen-bond donors (Lipinski definition) is 3. The third-order valence-electron chi connectivity index (χ3n) is 4.27. The molecule has 1 aromatic carbocycles. The molecule has 1 aromatic rings. The number of carbonyl (C=O) groups is 1. The van der Waals surface area contributed by atoms with Gasteiger partial charge in [0.1, 0.15) is 0 Å². The van der Waals surface area contributed by atoms with E-state index < -0.39 is 11.6 Å². The molecule has 0 bridgehead atoms. The Morgan fingerprint density at radius 2 is 2.14 bits per heavy atom. The number of phenolic OH excluding ortho intramolecular Hbond substituents is 1. The highest BCUT2D eigenvalue weighted by molar-refractivity contribution is 5.94. The van der Waals surface area contributed by atoms with E-state index in [0.717, 1.165) is 44.5 Å². The summed E-state index contributed by atoms with van der Waals surface area (Å²) in [6.07, 6.45) is 2.71. The molecule has 122 valence electrons. The Bertz CT molecular complexity index is 550. The zero-order valence-electron chi connectivity index (χ0n) is 12.1. The van der Waals surface area contributed by atoms with Gasteiger partial charge in [0.15, 0.2) is 11.6 Å². The normalized spacial score (nSPS) is 23.0. The predicted octanol–water partition coefficient (Wildman–Crippen LogP) is 1.59. The number of ether oxygens (including phenoxy) is 1. The van der Waals surface area contributed by atoms with E-state index in [0.29, 0.717) is 6.61 Å². The Morgan fingerprint density at radius 1 is 1.41 bits per heavy atom. The summed E-state index contributed by atoms with van der Waals surface area (Å²) in [7, 11) is 0. The second-order valence-electron chi connectivity index (χ2n) is 5.78. The maximum absolute atomic E-state index is 13.0. The van der Waals surface area contributed by atoms with E-state index >= 15 is 0 Å². The average Bonchev–Trinajstić information content (AvgIpc) is 2.85. The molecule has 1 amide bonds. The number of rotatable bonds is 2. The number of phenols is 1. The molecule has 2 heterocycles. The van der Waals surface area contributed by atoms with Crippen LogP contribution in [0.15, 0.2) is 18.2 Å². The van der Waals surface area contributed by atoms with E-state index in [9.17, 15) is 14.3 Å². The van der Waals surface area contributed by atoms with Gasteiger partial charge in [-0.25, -0.2) is 4.39 Å². The number of aromatic hydroxyl groups is 1. The monoisotopic (exact) mass is 330 g/mol. The van der Waals surface area contributed by atoms with Gasteiger partial charge in [-0.3, -0.25) is 4.79 Å².